The Bertz CT molecular complexity index is 1610. The molecule has 3 aliphatic rings. The number of hydrogen-bond acceptors (Lipinski definition) is 6. The summed E-state index contributed by atoms with van der Waals surface area (Å²) in [5.74, 6) is -1.00. The second-order valence-corrected chi connectivity index (χ2v) is 12.7. The molecule has 42 heavy (non-hydrogen) atoms. The zero-order chi connectivity index (χ0) is 29.4. The monoisotopic (exact) mass is 593 g/mol. The largest absolute Gasteiger partial charge is 0.490 e. The van der Waals surface area contributed by atoms with Gasteiger partial charge in [0.1, 0.15) is 29.2 Å². The third-order valence-electron chi connectivity index (χ3n) is 8.22. The number of nitrogens with zero attached hydrogens (tertiary/aromatic N) is 1. The maximum atomic E-state index is 14.1. The van der Waals surface area contributed by atoms with E-state index in [0.29, 0.717) is 12.8 Å². The van der Waals surface area contributed by atoms with Crippen LogP contribution in [0.1, 0.15) is 40.7 Å². The SMILES string of the molecule is CN1C(=O)c2cc(NS(=O)(=O)c3ccccc3F)ccc2OC[C@H]2O[C@@H](CC(=O)NC3Cc4ccccc4C3)CC[C@@H]21. The number of fused-ring (bicyclic) bond motifs is 3. The molecule has 0 bridgehead atoms. The van der Waals surface area contributed by atoms with Gasteiger partial charge in [-0.15, -0.1) is 0 Å². The number of rotatable bonds is 6. The van der Waals surface area contributed by atoms with Crippen molar-refractivity contribution in [1.82, 2.24) is 10.2 Å². The minimum absolute atomic E-state index is 0.0526. The van der Waals surface area contributed by atoms with Gasteiger partial charge in [0.05, 0.1) is 24.1 Å². The highest BCUT2D eigenvalue weighted by Crippen LogP contribution is 2.33. The summed E-state index contributed by atoms with van der Waals surface area (Å²) in [5, 5.41) is 3.15. The molecule has 220 valence electrons. The number of carbonyl (C=O) groups excluding carboxylic acids is 2. The highest BCUT2D eigenvalue weighted by Gasteiger charge is 2.39. The third-order valence-corrected chi connectivity index (χ3v) is 9.63. The van der Waals surface area contributed by atoms with Crippen molar-refractivity contribution in [1.29, 1.82) is 0 Å². The topological polar surface area (TPSA) is 114 Å². The number of hydrogen-bond donors (Lipinski definition) is 2. The second kappa shape index (κ2) is 11.4. The number of ether oxygens (including phenoxy) is 2. The van der Waals surface area contributed by atoms with Crippen molar-refractivity contribution < 1.29 is 31.9 Å². The van der Waals surface area contributed by atoms with Crippen LogP contribution in [0.5, 0.6) is 5.75 Å². The molecule has 11 heteroatoms. The standard InChI is InChI=1S/C31H32FN3O6S/c1-35-26-12-11-23(17-30(36)33-22-14-19-6-2-3-7-20(19)15-22)41-28(26)18-40-27-13-10-21(16-24(27)31(35)37)34-42(38,39)29-9-5-4-8-25(29)32/h2-10,13,16,22-23,26,28,34H,11-12,14-15,17-18H2,1H3,(H,33,36)/t23-,26+,28-/m1/s1. The number of anilines is 1. The van der Waals surface area contributed by atoms with E-state index in [9.17, 15) is 22.4 Å². The van der Waals surface area contributed by atoms with Gasteiger partial charge in [-0.25, -0.2) is 12.8 Å². The first-order valence-corrected chi connectivity index (χ1v) is 15.5. The van der Waals surface area contributed by atoms with Crippen LogP contribution in [0.2, 0.25) is 0 Å². The van der Waals surface area contributed by atoms with Gasteiger partial charge in [-0.1, -0.05) is 36.4 Å². The number of carbonyl (C=O) groups is 2. The van der Waals surface area contributed by atoms with E-state index in [-0.39, 0.29) is 60.0 Å². The molecule has 1 fully saturated rings. The van der Waals surface area contributed by atoms with E-state index in [0.717, 1.165) is 18.9 Å². The number of amides is 2. The summed E-state index contributed by atoms with van der Waals surface area (Å²) in [6.45, 7) is 0.158. The fourth-order valence-electron chi connectivity index (χ4n) is 6.12. The van der Waals surface area contributed by atoms with Crippen molar-refractivity contribution in [2.24, 2.45) is 0 Å². The van der Waals surface area contributed by atoms with Crippen LogP contribution >= 0.6 is 0 Å². The van der Waals surface area contributed by atoms with E-state index in [1.165, 1.54) is 47.5 Å². The van der Waals surface area contributed by atoms with E-state index >= 15 is 0 Å². The molecule has 1 aliphatic carbocycles. The fourth-order valence-corrected chi connectivity index (χ4v) is 7.25. The van der Waals surface area contributed by atoms with Crippen LogP contribution in [0.15, 0.2) is 71.6 Å². The molecule has 3 aromatic carbocycles. The maximum absolute atomic E-state index is 14.1. The van der Waals surface area contributed by atoms with E-state index in [1.807, 2.05) is 12.1 Å². The number of halogens is 1. The predicted octanol–water partition coefficient (Wildman–Crippen LogP) is 3.68. The lowest BCUT2D eigenvalue weighted by atomic mass is 9.94. The first-order valence-electron chi connectivity index (χ1n) is 14.0. The Morgan fingerprint density at radius 1 is 1.02 bits per heavy atom. The number of nitrogens with one attached hydrogen (secondary N) is 2. The van der Waals surface area contributed by atoms with Crippen LogP contribution in [0.3, 0.4) is 0 Å². The third kappa shape index (κ3) is 5.71. The molecule has 3 aromatic rings. The summed E-state index contributed by atoms with van der Waals surface area (Å²) < 4.78 is 54.3. The van der Waals surface area contributed by atoms with E-state index in [2.05, 4.69) is 22.2 Å². The second-order valence-electron chi connectivity index (χ2n) is 11.1. The smallest absolute Gasteiger partial charge is 0.264 e. The zero-order valence-corrected chi connectivity index (χ0v) is 23.9. The Morgan fingerprint density at radius 3 is 2.48 bits per heavy atom. The molecular weight excluding hydrogens is 561 g/mol. The minimum Gasteiger partial charge on any atom is -0.490 e. The van der Waals surface area contributed by atoms with Crippen molar-refractivity contribution in [3.63, 3.8) is 0 Å². The Hall–Kier alpha value is -3.96. The fraction of sp³-hybridized carbons (Fsp3) is 0.355. The summed E-state index contributed by atoms with van der Waals surface area (Å²) in [6.07, 6.45) is 2.37. The van der Waals surface area contributed by atoms with Gasteiger partial charge in [0.25, 0.3) is 15.9 Å². The van der Waals surface area contributed by atoms with Crippen molar-refractivity contribution in [2.75, 3.05) is 18.4 Å². The van der Waals surface area contributed by atoms with Crippen molar-refractivity contribution in [3.8, 4) is 5.75 Å². The zero-order valence-electron chi connectivity index (χ0n) is 23.1. The molecule has 0 unspecified atom stereocenters. The van der Waals surface area contributed by atoms with E-state index in [4.69, 9.17) is 9.47 Å². The van der Waals surface area contributed by atoms with Crippen LogP contribution in [-0.4, -0.2) is 63.1 Å². The van der Waals surface area contributed by atoms with Gasteiger partial charge in [0.2, 0.25) is 5.91 Å². The summed E-state index contributed by atoms with van der Waals surface area (Å²) >= 11 is 0. The highest BCUT2D eigenvalue weighted by atomic mass is 32.2. The molecule has 2 heterocycles. The van der Waals surface area contributed by atoms with Crippen molar-refractivity contribution in [2.45, 2.75) is 61.3 Å². The predicted molar refractivity (Wildman–Crippen MR) is 153 cm³/mol. The molecule has 6 rings (SSSR count). The first-order chi connectivity index (χ1) is 20.2. The Balaban J connectivity index is 1.11. The van der Waals surface area contributed by atoms with Crippen LogP contribution in [-0.2, 0) is 32.4 Å². The molecule has 1 saturated heterocycles. The molecular formula is C31H32FN3O6S. The van der Waals surface area contributed by atoms with E-state index in [1.54, 1.807) is 11.9 Å². The normalized spacial score (nSPS) is 22.2. The summed E-state index contributed by atoms with van der Waals surface area (Å²) in [7, 11) is -2.54. The number of benzene rings is 3. The van der Waals surface area contributed by atoms with Gasteiger partial charge in [0.15, 0.2) is 0 Å². The number of sulfonamides is 1. The van der Waals surface area contributed by atoms with Crippen LogP contribution < -0.4 is 14.8 Å². The Labute approximate surface area is 244 Å². The van der Waals surface area contributed by atoms with Crippen LogP contribution in [0, 0.1) is 5.82 Å². The molecule has 2 amide bonds. The van der Waals surface area contributed by atoms with Gasteiger partial charge in [0, 0.05) is 18.8 Å². The first kappa shape index (κ1) is 28.2. The average molecular weight is 594 g/mol. The van der Waals surface area contributed by atoms with Crippen LogP contribution in [0.25, 0.3) is 0 Å². The van der Waals surface area contributed by atoms with Gasteiger partial charge < -0.3 is 19.7 Å². The lowest BCUT2D eigenvalue weighted by Gasteiger charge is -2.42. The van der Waals surface area contributed by atoms with Gasteiger partial charge >= 0.3 is 0 Å². The quantitative estimate of drug-likeness (QED) is 0.451. The average Bonchev–Trinajstić information content (AvgIpc) is 3.37. The molecule has 2 aliphatic heterocycles. The van der Waals surface area contributed by atoms with Crippen molar-refractivity contribution >= 4 is 27.5 Å². The lowest BCUT2D eigenvalue weighted by molar-refractivity contribution is -0.134. The van der Waals surface area contributed by atoms with Crippen LogP contribution in [0.4, 0.5) is 10.1 Å². The van der Waals surface area contributed by atoms with Gasteiger partial charge in [-0.05, 0) is 67.1 Å². The molecule has 0 aromatic heterocycles. The lowest BCUT2D eigenvalue weighted by Crippen LogP contribution is -2.54. The van der Waals surface area contributed by atoms with Gasteiger partial charge in [-0.2, -0.15) is 0 Å². The van der Waals surface area contributed by atoms with Gasteiger partial charge in [-0.3, -0.25) is 14.3 Å². The maximum Gasteiger partial charge on any atom is 0.264 e. The molecule has 0 saturated carbocycles. The summed E-state index contributed by atoms with van der Waals surface area (Å²) in [6, 6.07) is 17.4. The molecule has 0 spiro atoms. The molecule has 2 N–H and O–H groups in total. The molecule has 3 atom stereocenters. The Morgan fingerprint density at radius 2 is 1.74 bits per heavy atom. The summed E-state index contributed by atoms with van der Waals surface area (Å²) in [4.78, 5) is 27.5. The highest BCUT2D eigenvalue weighted by molar-refractivity contribution is 7.92. The Kier molecular flexibility index (Phi) is 7.63. The molecule has 9 nitrogen and oxygen atoms in total. The van der Waals surface area contributed by atoms with E-state index < -0.39 is 26.8 Å². The van der Waals surface area contributed by atoms with Crippen molar-refractivity contribution in [3.05, 3.63) is 89.2 Å². The summed E-state index contributed by atoms with van der Waals surface area (Å²) in [5.41, 5.74) is 2.84. The number of likely N-dealkylation sites (N-methyl/N-ethyl adjacent to an activating group) is 1. The molecule has 0 radical (unpaired) electrons. The minimum atomic E-state index is -4.22.